The smallest absolute Gasteiger partial charge is 0.263 e. The van der Waals surface area contributed by atoms with E-state index in [2.05, 4.69) is 52.4 Å². The van der Waals surface area contributed by atoms with Crippen LogP contribution in [0, 0.1) is 0 Å². The first-order valence-electron chi connectivity index (χ1n) is 3.68. The minimum atomic E-state index is -0.911. The minimum Gasteiger partial charge on any atom is -0.309 e. The molecule has 62 valence electrons. The highest BCUT2D eigenvalue weighted by Gasteiger charge is 2.15. The van der Waals surface area contributed by atoms with E-state index in [0.717, 1.165) is 13.1 Å². The lowest BCUT2D eigenvalue weighted by Crippen LogP contribution is -2.44. The van der Waals surface area contributed by atoms with Gasteiger partial charge in [-0.2, -0.15) is 0 Å². The summed E-state index contributed by atoms with van der Waals surface area (Å²) < 4.78 is 4.76. The molecule has 0 N–H and O–H groups in total. The summed E-state index contributed by atoms with van der Waals surface area (Å²) in [5.41, 5.74) is 0. The Morgan fingerprint density at radius 3 is 1.60 bits per heavy atom. The number of hydrogen-bond acceptors (Lipinski definition) is 2. The fourth-order valence-corrected chi connectivity index (χ4v) is 3.65. The van der Waals surface area contributed by atoms with Gasteiger partial charge in [0.2, 0.25) is 0 Å². The maximum atomic E-state index is 3.72. The second kappa shape index (κ2) is 5.29. The Balaban J connectivity index is 3.69. The molecule has 0 unspecified atom stereocenters. The van der Waals surface area contributed by atoms with Crippen molar-refractivity contribution in [3.05, 3.63) is 0 Å². The summed E-state index contributed by atoms with van der Waals surface area (Å²) in [4.78, 5) is 0. The average Bonchev–Trinajstić information content (AvgIpc) is 2.00. The lowest BCUT2D eigenvalue weighted by molar-refractivity contribution is 0.462. The van der Waals surface area contributed by atoms with Crippen LogP contribution < -0.4 is 0 Å². The van der Waals surface area contributed by atoms with E-state index in [1.165, 1.54) is 0 Å². The zero-order chi connectivity index (χ0) is 8.15. The van der Waals surface area contributed by atoms with Crippen molar-refractivity contribution in [2.75, 3.05) is 27.2 Å². The monoisotopic (exact) mass is 224 g/mol. The van der Waals surface area contributed by atoms with Gasteiger partial charge in [-0.25, -0.2) is 0 Å². The molecule has 0 aliphatic heterocycles. The first-order valence-corrected chi connectivity index (χ1v) is 7.89. The predicted molar refractivity (Wildman–Crippen MR) is 52.7 cm³/mol. The van der Waals surface area contributed by atoms with E-state index in [0.29, 0.717) is 0 Å². The Bertz CT molecular complexity index is 81.8. The predicted octanol–water partition coefficient (Wildman–Crippen LogP) is 1.00. The molecule has 4 heteroatoms. The summed E-state index contributed by atoms with van der Waals surface area (Å²) in [5, 5.41) is 0. The van der Waals surface area contributed by atoms with Crippen LogP contribution in [0.4, 0.5) is 0 Å². The van der Waals surface area contributed by atoms with E-state index in [9.17, 15) is 0 Å². The van der Waals surface area contributed by atoms with E-state index >= 15 is 0 Å². The second-order valence-corrected chi connectivity index (χ2v) is 7.30. The maximum Gasteiger partial charge on any atom is 0.263 e. The Morgan fingerprint density at radius 2 is 1.40 bits per heavy atom. The van der Waals surface area contributed by atoms with Crippen LogP contribution in [0.2, 0.25) is 0 Å². The molecule has 0 heterocycles. The lowest BCUT2D eigenvalue weighted by Gasteiger charge is -2.27. The third kappa shape index (κ3) is 3.14. The molecular weight excluding hydrogens is 208 g/mol. The van der Waals surface area contributed by atoms with E-state index in [-0.39, 0.29) is 0 Å². The molecule has 0 aliphatic carbocycles. The van der Waals surface area contributed by atoms with Gasteiger partial charge in [-0.1, -0.05) is 29.1 Å². The summed E-state index contributed by atoms with van der Waals surface area (Å²) in [6.45, 7) is 6.63. The van der Waals surface area contributed by atoms with Crippen LogP contribution in [0.3, 0.4) is 0 Å². The van der Waals surface area contributed by atoms with Crippen LogP contribution in [-0.4, -0.2) is 44.1 Å². The Kier molecular flexibility index (Phi) is 5.62. The fraction of sp³-hybridized carbons (Fsp3) is 1.00. The number of halogens is 1. The molecule has 0 aliphatic rings. The molecule has 0 spiro atoms. The van der Waals surface area contributed by atoms with Gasteiger partial charge in [-0.3, -0.25) is 0 Å². The van der Waals surface area contributed by atoms with Crippen molar-refractivity contribution in [2.45, 2.75) is 13.8 Å². The van der Waals surface area contributed by atoms with Crippen LogP contribution in [-0.2, 0) is 0 Å². The fourth-order valence-electron chi connectivity index (χ4n) is 0.638. The molecular formula is C6H17BrN2Si. The minimum absolute atomic E-state index is 0.911. The standard InChI is InChI=1S/C6H17BrN2Si/c1-5-8(3)10(7)9(4)6-2/h10H,5-6H2,1-4H3. The Morgan fingerprint density at radius 1 is 1.10 bits per heavy atom. The molecule has 0 radical (unpaired) electrons. The zero-order valence-corrected chi connectivity index (χ0v) is 10.0. The normalized spacial score (nSPS) is 12.0. The first-order chi connectivity index (χ1) is 4.63. The highest BCUT2D eigenvalue weighted by Crippen LogP contribution is 2.02. The first kappa shape index (κ1) is 10.6. The summed E-state index contributed by atoms with van der Waals surface area (Å²) in [7, 11) is 3.42. The molecule has 2 nitrogen and oxygen atoms in total. The van der Waals surface area contributed by atoms with E-state index in [1.807, 2.05) is 0 Å². The molecule has 0 saturated carbocycles. The van der Waals surface area contributed by atoms with Gasteiger partial charge in [-0.15, -0.1) is 0 Å². The molecule has 0 aromatic heterocycles. The van der Waals surface area contributed by atoms with Crippen LogP contribution in [0.5, 0.6) is 0 Å². The number of rotatable bonds is 4. The highest BCUT2D eigenvalue weighted by atomic mass is 79.9. The number of hydrogen-bond donors (Lipinski definition) is 0. The van der Waals surface area contributed by atoms with Crippen molar-refractivity contribution in [2.24, 2.45) is 0 Å². The molecule has 0 rings (SSSR count). The van der Waals surface area contributed by atoms with Crippen molar-refractivity contribution < 1.29 is 0 Å². The van der Waals surface area contributed by atoms with Gasteiger partial charge >= 0.3 is 0 Å². The van der Waals surface area contributed by atoms with Crippen molar-refractivity contribution in [3.8, 4) is 0 Å². The van der Waals surface area contributed by atoms with Crippen LogP contribution in [0.15, 0.2) is 0 Å². The third-order valence-corrected chi connectivity index (χ3v) is 8.10. The van der Waals surface area contributed by atoms with Crippen molar-refractivity contribution >= 4 is 23.0 Å². The lowest BCUT2D eigenvalue weighted by atomic mass is 10.8. The molecule has 0 aromatic rings. The van der Waals surface area contributed by atoms with Crippen LogP contribution >= 0.6 is 15.3 Å². The maximum absolute atomic E-state index is 3.72. The molecule has 0 bridgehead atoms. The molecule has 0 saturated heterocycles. The van der Waals surface area contributed by atoms with E-state index < -0.39 is 7.74 Å². The summed E-state index contributed by atoms with van der Waals surface area (Å²) >= 11 is 3.72. The number of nitrogens with zero attached hydrogens (tertiary/aromatic N) is 2. The molecule has 0 aromatic carbocycles. The van der Waals surface area contributed by atoms with Gasteiger partial charge in [0.1, 0.15) is 0 Å². The van der Waals surface area contributed by atoms with E-state index in [4.69, 9.17) is 0 Å². The molecule has 0 fully saturated rings. The van der Waals surface area contributed by atoms with Crippen molar-refractivity contribution in [1.29, 1.82) is 0 Å². The zero-order valence-electron chi connectivity index (χ0n) is 7.26. The summed E-state index contributed by atoms with van der Waals surface area (Å²) in [5.74, 6) is 0. The Labute approximate surface area is 73.5 Å². The van der Waals surface area contributed by atoms with Gasteiger partial charge in [0.25, 0.3) is 7.74 Å². The van der Waals surface area contributed by atoms with Crippen molar-refractivity contribution in [1.82, 2.24) is 9.13 Å². The third-order valence-electron chi connectivity index (χ3n) is 1.73. The van der Waals surface area contributed by atoms with Gasteiger partial charge < -0.3 is 9.13 Å². The van der Waals surface area contributed by atoms with Gasteiger partial charge in [0.15, 0.2) is 0 Å². The van der Waals surface area contributed by atoms with Gasteiger partial charge in [0, 0.05) is 0 Å². The van der Waals surface area contributed by atoms with Crippen LogP contribution in [0.25, 0.3) is 0 Å². The molecule has 0 atom stereocenters. The Hall–Kier alpha value is 0.617. The average molecular weight is 225 g/mol. The summed E-state index contributed by atoms with van der Waals surface area (Å²) in [6.07, 6.45) is 0. The second-order valence-electron chi connectivity index (χ2n) is 2.46. The SMILES string of the molecule is CCN(C)[SiH](Br)N(C)CC. The van der Waals surface area contributed by atoms with Gasteiger partial charge in [-0.05, 0) is 27.2 Å². The van der Waals surface area contributed by atoms with Crippen molar-refractivity contribution in [3.63, 3.8) is 0 Å². The summed E-state index contributed by atoms with van der Waals surface area (Å²) in [6, 6.07) is 0. The van der Waals surface area contributed by atoms with E-state index in [1.54, 1.807) is 0 Å². The molecule has 10 heavy (non-hydrogen) atoms. The largest absolute Gasteiger partial charge is 0.309 e. The molecule has 0 amide bonds. The van der Waals surface area contributed by atoms with Crippen LogP contribution in [0.1, 0.15) is 13.8 Å². The quantitative estimate of drug-likeness (QED) is 0.520. The topological polar surface area (TPSA) is 6.48 Å². The van der Waals surface area contributed by atoms with Gasteiger partial charge in [0.05, 0.1) is 0 Å². The highest BCUT2D eigenvalue weighted by molar-refractivity contribution is 9.24.